The quantitative estimate of drug-likeness (QED) is 0.0265. The van der Waals surface area contributed by atoms with Gasteiger partial charge in [0, 0.05) is 81.0 Å². The minimum Gasteiger partial charge on any atom is -0.480 e. The highest BCUT2D eigenvalue weighted by Crippen LogP contribution is 2.37. The molecule has 1 saturated heterocycles. The summed E-state index contributed by atoms with van der Waals surface area (Å²) in [7, 11) is 0. The van der Waals surface area contributed by atoms with Gasteiger partial charge in [-0.05, 0) is 81.5 Å². The highest BCUT2D eigenvalue weighted by Gasteiger charge is 2.26. The van der Waals surface area contributed by atoms with Crippen molar-refractivity contribution in [3.05, 3.63) is 140 Å². The van der Waals surface area contributed by atoms with Gasteiger partial charge < -0.3 is 41.2 Å². The standard InChI is InChI=1S/C55H57ClF2N18O7/c1-31(39-23-36(60-3)11-12-40(39)57)66-48-45(56)32(2)65-43-24-41(58)46(69-47(43)48)34-25-63-55(64-26-34)83-21-6-4-5-15-76-29-38(72-73-76)30-82-22-20-74-16-18-75(19-17-74)44(77)14-13-42(53(80)81)68-51(78)33-7-9-35(10-8-33)61-27-37-28-62-50-49(67-37)52(79)71-54(59)70-50/h7-12,23-26,28-29,31,42,61H,4-6,13-22,27,30H2,1-2H3,(H,65,66)(H,68,78)(H,80,81)(H3,59,62,70,71,79)/t31-,42+/m1/s1. The molecule has 2 aromatic carbocycles. The van der Waals surface area contributed by atoms with Crippen LogP contribution in [-0.2, 0) is 34.0 Å². The first-order chi connectivity index (χ1) is 40.1. The highest BCUT2D eigenvalue weighted by molar-refractivity contribution is 6.35. The molecule has 6 aromatic heterocycles. The van der Waals surface area contributed by atoms with Gasteiger partial charge in [-0.1, -0.05) is 22.9 Å². The number of carbonyl (C=O) groups excluding carboxylic acids is 2. The normalized spacial score (nSPS) is 13.4. The third kappa shape index (κ3) is 15.0. The third-order valence-corrected chi connectivity index (χ3v) is 14.1. The molecule has 28 heteroatoms. The fourth-order valence-corrected chi connectivity index (χ4v) is 9.26. The van der Waals surface area contributed by atoms with Crippen LogP contribution in [0.25, 0.3) is 38.3 Å². The van der Waals surface area contributed by atoms with Gasteiger partial charge >= 0.3 is 12.0 Å². The zero-order valence-corrected chi connectivity index (χ0v) is 45.9. The van der Waals surface area contributed by atoms with Crippen LogP contribution in [0.5, 0.6) is 6.01 Å². The molecule has 0 unspecified atom stereocenters. The number of unbranched alkanes of at least 4 members (excludes halogenated alkanes) is 2. The Morgan fingerprint density at radius 2 is 1.70 bits per heavy atom. The molecule has 430 valence electrons. The molecule has 8 aromatic rings. The number of benzene rings is 2. The largest absolute Gasteiger partial charge is 0.480 e. The predicted molar refractivity (Wildman–Crippen MR) is 301 cm³/mol. The molecule has 25 nitrogen and oxygen atoms in total. The molecule has 0 radical (unpaired) electrons. The number of H-pyrrole nitrogens is 1. The van der Waals surface area contributed by atoms with Gasteiger partial charge in [0.05, 0.1) is 79.0 Å². The van der Waals surface area contributed by atoms with E-state index in [1.54, 1.807) is 35.6 Å². The van der Waals surface area contributed by atoms with E-state index in [4.69, 9.17) is 33.4 Å². The van der Waals surface area contributed by atoms with Gasteiger partial charge in [0.2, 0.25) is 11.9 Å². The number of nitrogens with one attached hydrogen (secondary N) is 4. The van der Waals surface area contributed by atoms with E-state index in [9.17, 15) is 28.7 Å². The second-order valence-electron chi connectivity index (χ2n) is 19.5. The van der Waals surface area contributed by atoms with Crippen LogP contribution >= 0.6 is 11.6 Å². The Kier molecular flexibility index (Phi) is 18.9. The number of hydrogen-bond acceptors (Lipinski definition) is 19. The van der Waals surface area contributed by atoms with Crippen molar-refractivity contribution in [2.45, 2.75) is 77.7 Å². The average molecular weight is 1160 g/mol. The number of amides is 2. The number of aliphatic carboxylic acids is 1. The number of carboxylic acid groups (broad SMARTS) is 1. The Balaban J connectivity index is 0.633. The van der Waals surface area contributed by atoms with E-state index in [-0.39, 0.29) is 99.2 Å². The number of nitrogens with two attached hydrogens (primary N) is 1. The second-order valence-corrected chi connectivity index (χ2v) is 19.9. The van der Waals surface area contributed by atoms with Crippen molar-refractivity contribution in [1.29, 1.82) is 0 Å². The average Bonchev–Trinajstić information content (AvgIpc) is 4.10. The van der Waals surface area contributed by atoms with Crippen LogP contribution in [0.15, 0.2) is 78.1 Å². The fourth-order valence-electron chi connectivity index (χ4n) is 9.07. The van der Waals surface area contributed by atoms with E-state index >= 15 is 4.39 Å². The summed E-state index contributed by atoms with van der Waals surface area (Å²) in [5.41, 5.74) is 9.27. The van der Waals surface area contributed by atoms with Crippen molar-refractivity contribution in [2.24, 2.45) is 0 Å². The molecule has 1 aliphatic rings. The number of carboxylic acids is 1. The Labute approximate surface area is 477 Å². The molecule has 1 fully saturated rings. The van der Waals surface area contributed by atoms with E-state index in [0.29, 0.717) is 87.4 Å². The maximum absolute atomic E-state index is 15.5. The molecule has 0 saturated carbocycles. The summed E-state index contributed by atoms with van der Waals surface area (Å²) in [5, 5.41) is 27.4. The number of aryl methyl sites for hydroxylation is 2. The summed E-state index contributed by atoms with van der Waals surface area (Å²) in [6, 6.07) is 9.90. The van der Waals surface area contributed by atoms with Gasteiger partial charge in [0.25, 0.3) is 11.5 Å². The van der Waals surface area contributed by atoms with Crippen LogP contribution in [0.3, 0.4) is 0 Å². The molecule has 2 amide bonds. The van der Waals surface area contributed by atoms with Gasteiger partial charge in [0.1, 0.15) is 28.8 Å². The Bertz CT molecular complexity index is 3750. The summed E-state index contributed by atoms with van der Waals surface area (Å²) in [6.07, 6.45) is 8.35. The Morgan fingerprint density at radius 1 is 0.916 bits per heavy atom. The number of aromatic amines is 1. The monoisotopic (exact) mass is 1150 g/mol. The number of anilines is 3. The number of halogens is 3. The van der Waals surface area contributed by atoms with Crippen molar-refractivity contribution in [2.75, 3.05) is 62.3 Å². The van der Waals surface area contributed by atoms with Crippen LogP contribution in [0.2, 0.25) is 5.02 Å². The minimum absolute atomic E-state index is 0.0416. The number of fused-ring (bicyclic) bond motifs is 2. The minimum atomic E-state index is -1.27. The molecule has 9 rings (SSSR count). The summed E-state index contributed by atoms with van der Waals surface area (Å²) in [5.74, 6) is -3.26. The molecular weight excluding hydrogens is 1100 g/mol. The lowest BCUT2D eigenvalue weighted by Crippen LogP contribution is -2.50. The fraction of sp³-hybridized carbons (Fsp3) is 0.345. The zero-order valence-electron chi connectivity index (χ0n) is 45.1. The van der Waals surface area contributed by atoms with Crippen LogP contribution in [0.4, 0.5) is 31.8 Å². The summed E-state index contributed by atoms with van der Waals surface area (Å²) < 4.78 is 43.8. The first kappa shape index (κ1) is 58.3. The lowest BCUT2D eigenvalue weighted by Gasteiger charge is -2.34. The van der Waals surface area contributed by atoms with Gasteiger partial charge in [-0.3, -0.25) is 28.9 Å². The third-order valence-electron chi connectivity index (χ3n) is 13.6. The molecule has 7 N–H and O–H groups in total. The molecule has 2 atom stereocenters. The molecule has 7 heterocycles. The van der Waals surface area contributed by atoms with E-state index in [1.807, 2.05) is 6.20 Å². The van der Waals surface area contributed by atoms with Gasteiger partial charge in [-0.15, -0.1) is 5.10 Å². The van der Waals surface area contributed by atoms with Crippen LogP contribution in [-0.4, -0.2) is 140 Å². The summed E-state index contributed by atoms with van der Waals surface area (Å²) in [6.45, 7) is 15.5. The zero-order chi connectivity index (χ0) is 58.6. The van der Waals surface area contributed by atoms with Gasteiger partial charge in [-0.2, -0.15) is 4.98 Å². The SMILES string of the molecule is [C-]#[N+]c1ccc(F)c([C@@H](C)Nc2c(Cl)c(C)nc3cc(F)c(-c4cnc(OCCCCCn5cc(COCCN6CCN(C(=O)CC[C@H](NC(=O)c7ccc(NCc8cnc9nc(N)[nH]c(=O)c9n8)cc7)C(=O)O)CC6)nn5)nc4)nc23)c1. The van der Waals surface area contributed by atoms with Crippen molar-refractivity contribution in [3.8, 4) is 17.3 Å². The summed E-state index contributed by atoms with van der Waals surface area (Å²) >= 11 is 6.69. The molecule has 0 aliphatic carbocycles. The lowest BCUT2D eigenvalue weighted by molar-refractivity contribution is -0.140. The number of nitrogen functional groups attached to an aromatic ring is 1. The first-order valence-electron chi connectivity index (χ1n) is 26.5. The van der Waals surface area contributed by atoms with E-state index < -0.39 is 41.2 Å². The topological polar surface area (TPSA) is 317 Å². The van der Waals surface area contributed by atoms with Crippen molar-refractivity contribution in [1.82, 2.24) is 70.0 Å². The Hall–Kier alpha value is -9.39. The Morgan fingerprint density at radius 3 is 2.46 bits per heavy atom. The lowest BCUT2D eigenvalue weighted by atomic mass is 10.1. The van der Waals surface area contributed by atoms with Crippen molar-refractivity contribution in [3.63, 3.8) is 0 Å². The van der Waals surface area contributed by atoms with Gasteiger partial charge in [0.15, 0.2) is 22.7 Å². The predicted octanol–water partition coefficient (Wildman–Crippen LogP) is 6.44. The number of nitrogens with zero attached hydrogens (tertiary/aromatic N) is 13. The van der Waals surface area contributed by atoms with E-state index in [1.165, 1.54) is 55.0 Å². The summed E-state index contributed by atoms with van der Waals surface area (Å²) in [4.78, 5) is 90.0. The second kappa shape index (κ2) is 26.9. The van der Waals surface area contributed by atoms with Crippen LogP contribution in [0.1, 0.15) is 78.1 Å². The number of hydrogen-bond donors (Lipinski definition) is 6. The first-order valence-corrected chi connectivity index (χ1v) is 26.9. The number of rotatable bonds is 25. The van der Waals surface area contributed by atoms with E-state index in [0.717, 1.165) is 12.8 Å². The van der Waals surface area contributed by atoms with Crippen molar-refractivity contribution >= 4 is 74.6 Å². The highest BCUT2D eigenvalue weighted by atomic mass is 35.5. The molecule has 0 spiro atoms. The number of carbonyl (C=O) groups is 3. The van der Waals surface area contributed by atoms with Crippen LogP contribution < -0.4 is 32.0 Å². The molecular formula is C55H57ClF2N18O7. The number of piperazine rings is 1. The molecule has 1 aliphatic heterocycles. The number of ether oxygens (including phenoxy) is 2. The van der Waals surface area contributed by atoms with Gasteiger partial charge in [-0.25, -0.2) is 48.3 Å². The van der Waals surface area contributed by atoms with Crippen molar-refractivity contribution < 1.29 is 37.7 Å². The number of aromatic nitrogens is 11. The smallest absolute Gasteiger partial charge is 0.326 e. The van der Waals surface area contributed by atoms with E-state index in [2.05, 4.69) is 75.9 Å². The molecule has 83 heavy (non-hydrogen) atoms. The maximum atomic E-state index is 15.5. The number of pyridine rings is 2. The van der Waals surface area contributed by atoms with Crippen LogP contribution in [0, 0.1) is 25.1 Å². The maximum Gasteiger partial charge on any atom is 0.326 e. The molecule has 0 bridgehead atoms.